The summed E-state index contributed by atoms with van der Waals surface area (Å²) in [5, 5.41) is 2.07. The van der Waals surface area contributed by atoms with Gasteiger partial charge in [0, 0.05) is 0 Å². The van der Waals surface area contributed by atoms with Gasteiger partial charge in [-0.3, -0.25) is 4.79 Å². The van der Waals surface area contributed by atoms with E-state index in [1.165, 1.54) is 0 Å². The molecular weight excluding hydrogens is 283 g/mol. The number of carbonyl (C=O) groups excluding carboxylic acids is 1. The van der Waals surface area contributed by atoms with E-state index in [2.05, 4.69) is 5.32 Å². The average molecular weight is 293 g/mol. The van der Waals surface area contributed by atoms with E-state index in [9.17, 15) is 26.4 Å². The molecule has 0 aliphatic carbocycles. The summed E-state index contributed by atoms with van der Waals surface area (Å²) in [4.78, 5) is 11.7. The highest BCUT2D eigenvalue weighted by Gasteiger charge is 2.33. The summed E-state index contributed by atoms with van der Waals surface area (Å²) in [6.45, 7) is 0. The zero-order chi connectivity index (χ0) is 14.2. The number of nitrogens with one attached hydrogen (secondary N) is 1. The molecular formula is C11H10F3NO3S. The van der Waals surface area contributed by atoms with Gasteiger partial charge in [0.1, 0.15) is 0 Å². The Morgan fingerprint density at radius 1 is 1.21 bits per heavy atom. The maximum Gasteiger partial charge on any atom is 0.228 e. The van der Waals surface area contributed by atoms with E-state index in [-0.39, 0.29) is 17.9 Å². The van der Waals surface area contributed by atoms with Crippen molar-refractivity contribution in [1.82, 2.24) is 0 Å². The van der Waals surface area contributed by atoms with Crippen molar-refractivity contribution in [3.05, 3.63) is 29.6 Å². The van der Waals surface area contributed by atoms with Crippen molar-refractivity contribution in [2.75, 3.05) is 16.8 Å². The molecule has 0 radical (unpaired) electrons. The van der Waals surface area contributed by atoms with Gasteiger partial charge < -0.3 is 5.32 Å². The normalized spacial score (nSPS) is 21.3. The SMILES string of the molecule is O=C(Nc1ccc(F)c(F)c1F)C1CCS(=O)(=O)C1. The van der Waals surface area contributed by atoms with Crippen molar-refractivity contribution >= 4 is 21.4 Å². The van der Waals surface area contributed by atoms with Crippen LogP contribution >= 0.6 is 0 Å². The van der Waals surface area contributed by atoms with E-state index >= 15 is 0 Å². The molecule has 4 nitrogen and oxygen atoms in total. The van der Waals surface area contributed by atoms with Crippen LogP contribution in [0.25, 0.3) is 0 Å². The third-order valence-electron chi connectivity index (χ3n) is 2.90. The Morgan fingerprint density at radius 3 is 2.47 bits per heavy atom. The monoisotopic (exact) mass is 293 g/mol. The quantitative estimate of drug-likeness (QED) is 0.840. The average Bonchev–Trinajstić information content (AvgIpc) is 2.70. The van der Waals surface area contributed by atoms with E-state index < -0.39 is 44.8 Å². The first-order chi connectivity index (χ1) is 8.80. The Kier molecular flexibility index (Phi) is 3.53. The van der Waals surface area contributed by atoms with Crippen LogP contribution in [-0.2, 0) is 14.6 Å². The second-order valence-electron chi connectivity index (χ2n) is 4.31. The number of sulfone groups is 1. The fraction of sp³-hybridized carbons (Fsp3) is 0.364. The number of carbonyl (C=O) groups is 1. The molecule has 0 aromatic heterocycles. The fourth-order valence-corrected chi connectivity index (χ4v) is 3.60. The molecule has 8 heteroatoms. The lowest BCUT2D eigenvalue weighted by Crippen LogP contribution is -2.24. The first-order valence-corrected chi connectivity index (χ1v) is 7.27. The molecule has 1 aromatic carbocycles. The molecule has 1 fully saturated rings. The highest BCUT2D eigenvalue weighted by molar-refractivity contribution is 7.91. The molecule has 1 aliphatic rings. The third kappa shape index (κ3) is 2.89. The lowest BCUT2D eigenvalue weighted by atomic mass is 10.1. The summed E-state index contributed by atoms with van der Waals surface area (Å²) in [5.41, 5.74) is -0.506. The summed E-state index contributed by atoms with van der Waals surface area (Å²) < 4.78 is 61.4. The molecule has 1 unspecified atom stereocenters. The van der Waals surface area contributed by atoms with Gasteiger partial charge in [-0.2, -0.15) is 0 Å². The summed E-state index contributed by atoms with van der Waals surface area (Å²) in [5.74, 6) is -6.48. The van der Waals surface area contributed by atoms with Crippen molar-refractivity contribution in [3.8, 4) is 0 Å². The molecule has 1 saturated heterocycles. The fourth-order valence-electron chi connectivity index (χ4n) is 1.86. The van der Waals surface area contributed by atoms with E-state index in [1.807, 2.05) is 0 Å². The highest BCUT2D eigenvalue weighted by Crippen LogP contribution is 2.23. The van der Waals surface area contributed by atoms with E-state index in [0.717, 1.165) is 6.07 Å². The molecule has 2 rings (SSSR count). The number of hydrogen-bond acceptors (Lipinski definition) is 3. The minimum Gasteiger partial charge on any atom is -0.323 e. The summed E-state index contributed by atoms with van der Waals surface area (Å²) >= 11 is 0. The smallest absolute Gasteiger partial charge is 0.228 e. The molecule has 19 heavy (non-hydrogen) atoms. The molecule has 1 heterocycles. The Bertz CT molecular complexity index is 630. The van der Waals surface area contributed by atoms with Crippen molar-refractivity contribution in [1.29, 1.82) is 0 Å². The van der Waals surface area contributed by atoms with Gasteiger partial charge in [0.15, 0.2) is 27.3 Å². The predicted octanol–water partition coefficient (Wildman–Crippen LogP) is 1.48. The van der Waals surface area contributed by atoms with Crippen LogP contribution in [0.2, 0.25) is 0 Å². The molecule has 1 aromatic rings. The Hall–Kier alpha value is -1.57. The van der Waals surface area contributed by atoms with Crippen LogP contribution in [0.3, 0.4) is 0 Å². The summed E-state index contributed by atoms with van der Waals surface area (Å²) in [6.07, 6.45) is 0.138. The van der Waals surface area contributed by atoms with Gasteiger partial charge >= 0.3 is 0 Å². The number of benzene rings is 1. The maximum atomic E-state index is 13.3. The number of rotatable bonds is 2. The maximum absolute atomic E-state index is 13.3. The van der Waals surface area contributed by atoms with Crippen LogP contribution in [0.5, 0.6) is 0 Å². The van der Waals surface area contributed by atoms with Crippen LogP contribution in [0.15, 0.2) is 12.1 Å². The van der Waals surface area contributed by atoms with Crippen LogP contribution < -0.4 is 5.32 Å². The lowest BCUT2D eigenvalue weighted by molar-refractivity contribution is -0.119. The topological polar surface area (TPSA) is 63.2 Å². The molecule has 1 atom stereocenters. The van der Waals surface area contributed by atoms with E-state index in [1.54, 1.807) is 0 Å². The minimum atomic E-state index is -3.25. The van der Waals surface area contributed by atoms with Gasteiger partial charge in [0.25, 0.3) is 0 Å². The third-order valence-corrected chi connectivity index (χ3v) is 4.66. The van der Waals surface area contributed by atoms with Crippen LogP contribution in [-0.4, -0.2) is 25.8 Å². The van der Waals surface area contributed by atoms with Crippen LogP contribution in [0.1, 0.15) is 6.42 Å². The molecule has 1 amide bonds. The Balaban J connectivity index is 2.14. The van der Waals surface area contributed by atoms with Crippen molar-refractivity contribution in [2.24, 2.45) is 5.92 Å². The lowest BCUT2D eigenvalue weighted by Gasteiger charge is -2.10. The summed E-state index contributed by atoms with van der Waals surface area (Å²) in [6, 6.07) is 1.56. The number of halogens is 3. The zero-order valence-electron chi connectivity index (χ0n) is 9.62. The number of hydrogen-bond donors (Lipinski definition) is 1. The molecule has 0 bridgehead atoms. The second kappa shape index (κ2) is 4.84. The first kappa shape index (κ1) is 13.9. The summed E-state index contributed by atoms with van der Waals surface area (Å²) in [7, 11) is -3.25. The molecule has 1 aliphatic heterocycles. The zero-order valence-corrected chi connectivity index (χ0v) is 10.4. The molecule has 104 valence electrons. The second-order valence-corrected chi connectivity index (χ2v) is 6.54. The largest absolute Gasteiger partial charge is 0.323 e. The number of anilines is 1. The molecule has 1 N–H and O–H groups in total. The van der Waals surface area contributed by atoms with Crippen molar-refractivity contribution < 1.29 is 26.4 Å². The van der Waals surface area contributed by atoms with Crippen LogP contribution in [0, 0.1) is 23.4 Å². The van der Waals surface area contributed by atoms with Crippen molar-refractivity contribution in [3.63, 3.8) is 0 Å². The van der Waals surface area contributed by atoms with Gasteiger partial charge in [-0.15, -0.1) is 0 Å². The number of amides is 1. The van der Waals surface area contributed by atoms with E-state index in [4.69, 9.17) is 0 Å². The predicted molar refractivity (Wildman–Crippen MR) is 61.7 cm³/mol. The highest BCUT2D eigenvalue weighted by atomic mass is 32.2. The van der Waals surface area contributed by atoms with Gasteiger partial charge in [0.05, 0.1) is 23.1 Å². The minimum absolute atomic E-state index is 0.106. The molecule has 0 saturated carbocycles. The van der Waals surface area contributed by atoms with Gasteiger partial charge in [-0.05, 0) is 18.6 Å². The Morgan fingerprint density at radius 2 is 1.89 bits per heavy atom. The van der Waals surface area contributed by atoms with Crippen molar-refractivity contribution in [2.45, 2.75) is 6.42 Å². The molecule has 0 spiro atoms. The standard InChI is InChI=1S/C11H10F3NO3S/c12-7-1-2-8(10(14)9(7)13)15-11(16)6-3-4-19(17,18)5-6/h1-2,6H,3-5H2,(H,15,16). The van der Waals surface area contributed by atoms with Crippen LogP contribution in [0.4, 0.5) is 18.9 Å². The van der Waals surface area contributed by atoms with E-state index in [0.29, 0.717) is 6.07 Å². The van der Waals surface area contributed by atoms with Gasteiger partial charge in [-0.1, -0.05) is 0 Å². The van der Waals surface area contributed by atoms with Gasteiger partial charge in [-0.25, -0.2) is 21.6 Å². The Labute approximate surface area is 107 Å². The van der Waals surface area contributed by atoms with Gasteiger partial charge in [0.2, 0.25) is 5.91 Å². The first-order valence-electron chi connectivity index (χ1n) is 5.45.